The van der Waals surface area contributed by atoms with E-state index in [1.165, 1.54) is 12.1 Å². The van der Waals surface area contributed by atoms with E-state index in [2.05, 4.69) is 15.2 Å². The van der Waals surface area contributed by atoms with Gasteiger partial charge in [0.25, 0.3) is 0 Å². The van der Waals surface area contributed by atoms with Gasteiger partial charge in [0.1, 0.15) is 17.8 Å². The highest BCUT2D eigenvalue weighted by Gasteiger charge is 2.26. The minimum absolute atomic E-state index is 0.174. The zero-order valence-corrected chi connectivity index (χ0v) is 17.2. The number of carboxylic acid groups (broad SMARTS) is 1. The number of aliphatic carboxylic acids is 1. The Bertz CT molecular complexity index is 913. The fourth-order valence-electron chi connectivity index (χ4n) is 2.54. The van der Waals surface area contributed by atoms with Gasteiger partial charge in [0.05, 0.1) is 5.56 Å². The number of carboxylic acids is 1. The number of nitrogens with two attached hydrogens (primary N) is 1. The summed E-state index contributed by atoms with van der Waals surface area (Å²) in [7, 11) is -4.91. The average Bonchev–Trinajstić information content (AvgIpc) is 2.63. The van der Waals surface area contributed by atoms with E-state index in [1.807, 2.05) is 0 Å². The Kier molecular flexibility index (Phi) is 9.31. The Morgan fingerprint density at radius 3 is 2.32 bits per heavy atom. The Labute approximate surface area is 176 Å². The van der Waals surface area contributed by atoms with Gasteiger partial charge in [-0.25, -0.2) is 4.57 Å². The van der Waals surface area contributed by atoms with Gasteiger partial charge in [0.2, 0.25) is 17.7 Å². The van der Waals surface area contributed by atoms with Crippen LogP contribution >= 0.6 is 7.82 Å². The lowest BCUT2D eigenvalue weighted by Crippen LogP contribution is -2.53. The zero-order chi connectivity index (χ0) is 23.8. The van der Waals surface area contributed by atoms with Crippen LogP contribution in [0.1, 0.15) is 35.7 Å². The van der Waals surface area contributed by atoms with Gasteiger partial charge in [-0.05, 0) is 24.1 Å². The first-order valence-electron chi connectivity index (χ1n) is 8.74. The zero-order valence-electron chi connectivity index (χ0n) is 16.3. The number of primary amides is 1. The predicted octanol–water partition coefficient (Wildman–Crippen LogP) is -1.15. The lowest BCUT2D eigenvalue weighted by atomic mass is 10.0. The average molecular weight is 459 g/mol. The quantitative estimate of drug-likeness (QED) is 0.163. The van der Waals surface area contributed by atoms with Crippen molar-refractivity contribution >= 4 is 37.8 Å². The highest BCUT2D eigenvalue weighted by Crippen LogP contribution is 2.38. The Hall–Kier alpha value is -3.28. The number of hydrogen-bond acceptors (Lipinski definition) is 7. The lowest BCUT2D eigenvalue weighted by Gasteiger charge is -2.21. The molecule has 170 valence electrons. The van der Waals surface area contributed by atoms with Crippen LogP contribution in [-0.2, 0) is 30.2 Å². The SMILES string of the molecule is CC(=O)NC(Cc1ccc(OP(=O)(O)O)c(C=O)c1)C(=O)NC(CCC(=O)O)C(N)=O. The number of carbonyl (C=O) groups excluding carboxylic acids is 4. The molecule has 0 aliphatic rings. The molecule has 0 saturated carbocycles. The molecule has 0 fully saturated rings. The smallest absolute Gasteiger partial charge is 0.481 e. The van der Waals surface area contributed by atoms with E-state index in [-0.39, 0.29) is 30.4 Å². The highest BCUT2D eigenvalue weighted by molar-refractivity contribution is 7.46. The summed E-state index contributed by atoms with van der Waals surface area (Å²) in [5, 5.41) is 13.4. The first kappa shape index (κ1) is 25.8. The molecule has 2 unspecified atom stereocenters. The Morgan fingerprint density at radius 2 is 1.84 bits per heavy atom. The van der Waals surface area contributed by atoms with Crippen molar-refractivity contribution in [2.24, 2.45) is 5.73 Å². The Balaban J connectivity index is 3.06. The van der Waals surface area contributed by atoms with Crippen molar-refractivity contribution < 1.29 is 48.0 Å². The molecule has 0 bridgehead atoms. The van der Waals surface area contributed by atoms with Gasteiger partial charge in [0, 0.05) is 19.8 Å². The minimum Gasteiger partial charge on any atom is -0.481 e. The van der Waals surface area contributed by atoms with Crippen LogP contribution in [0.2, 0.25) is 0 Å². The molecule has 1 aromatic carbocycles. The summed E-state index contributed by atoms with van der Waals surface area (Å²) in [6.45, 7) is 1.14. The van der Waals surface area contributed by atoms with Crippen LogP contribution in [0.25, 0.3) is 0 Å². The van der Waals surface area contributed by atoms with E-state index >= 15 is 0 Å². The molecule has 13 nitrogen and oxygen atoms in total. The number of hydrogen-bond donors (Lipinski definition) is 6. The fourth-order valence-corrected chi connectivity index (χ4v) is 2.97. The summed E-state index contributed by atoms with van der Waals surface area (Å²) >= 11 is 0. The molecular weight excluding hydrogens is 437 g/mol. The molecule has 1 rings (SSSR count). The number of amides is 3. The molecule has 0 aliphatic carbocycles. The first-order valence-corrected chi connectivity index (χ1v) is 10.3. The van der Waals surface area contributed by atoms with E-state index < -0.39 is 50.0 Å². The molecular formula is C17H22N3O10P. The van der Waals surface area contributed by atoms with Gasteiger partial charge in [-0.3, -0.25) is 33.8 Å². The maximum Gasteiger partial charge on any atom is 0.524 e. The molecule has 0 radical (unpaired) electrons. The number of nitrogens with one attached hydrogen (secondary N) is 2. The molecule has 0 aliphatic heterocycles. The second kappa shape index (κ2) is 11.2. The number of phosphoric ester groups is 1. The van der Waals surface area contributed by atoms with Crippen molar-refractivity contribution in [3.8, 4) is 5.75 Å². The van der Waals surface area contributed by atoms with Crippen molar-refractivity contribution in [2.45, 2.75) is 38.3 Å². The van der Waals surface area contributed by atoms with Crippen LogP contribution in [0.5, 0.6) is 5.75 Å². The van der Waals surface area contributed by atoms with Crippen molar-refractivity contribution in [1.82, 2.24) is 10.6 Å². The fraction of sp³-hybridized carbons (Fsp3) is 0.353. The van der Waals surface area contributed by atoms with Crippen LogP contribution < -0.4 is 20.9 Å². The van der Waals surface area contributed by atoms with Gasteiger partial charge in [-0.2, -0.15) is 0 Å². The monoisotopic (exact) mass is 459 g/mol. The predicted molar refractivity (Wildman–Crippen MR) is 104 cm³/mol. The topological polar surface area (TPSA) is 222 Å². The molecule has 31 heavy (non-hydrogen) atoms. The van der Waals surface area contributed by atoms with Crippen molar-refractivity contribution in [2.75, 3.05) is 0 Å². The van der Waals surface area contributed by atoms with Crippen molar-refractivity contribution in [1.29, 1.82) is 0 Å². The van der Waals surface area contributed by atoms with E-state index in [9.17, 15) is 28.5 Å². The van der Waals surface area contributed by atoms with Crippen LogP contribution in [0.3, 0.4) is 0 Å². The van der Waals surface area contributed by atoms with Gasteiger partial charge < -0.3 is 26.0 Å². The third kappa shape index (κ3) is 9.38. The number of aldehydes is 1. The van der Waals surface area contributed by atoms with Gasteiger partial charge in [-0.1, -0.05) is 6.07 Å². The van der Waals surface area contributed by atoms with E-state index in [4.69, 9.17) is 20.6 Å². The molecule has 2 atom stereocenters. The summed E-state index contributed by atoms with van der Waals surface area (Å²) < 4.78 is 15.4. The maximum atomic E-state index is 12.6. The summed E-state index contributed by atoms with van der Waals surface area (Å²) in [6.07, 6.45) is -0.570. The Morgan fingerprint density at radius 1 is 1.19 bits per heavy atom. The molecule has 7 N–H and O–H groups in total. The minimum atomic E-state index is -4.91. The number of phosphoric acid groups is 1. The van der Waals surface area contributed by atoms with Crippen LogP contribution in [0.4, 0.5) is 0 Å². The van der Waals surface area contributed by atoms with Crippen LogP contribution in [-0.4, -0.2) is 57.0 Å². The van der Waals surface area contributed by atoms with Gasteiger partial charge in [-0.15, -0.1) is 0 Å². The second-order valence-electron chi connectivity index (χ2n) is 6.43. The van der Waals surface area contributed by atoms with E-state index in [0.717, 1.165) is 13.0 Å². The molecule has 0 heterocycles. The molecule has 1 aromatic rings. The normalized spacial score (nSPS) is 12.9. The number of carbonyl (C=O) groups is 5. The second-order valence-corrected chi connectivity index (χ2v) is 7.59. The van der Waals surface area contributed by atoms with E-state index in [0.29, 0.717) is 5.56 Å². The number of benzene rings is 1. The molecule has 14 heteroatoms. The largest absolute Gasteiger partial charge is 0.524 e. The molecule has 0 spiro atoms. The van der Waals surface area contributed by atoms with Crippen LogP contribution in [0.15, 0.2) is 18.2 Å². The third-order valence-corrected chi connectivity index (χ3v) is 4.29. The molecule has 3 amide bonds. The van der Waals surface area contributed by atoms with Crippen molar-refractivity contribution in [3.63, 3.8) is 0 Å². The third-order valence-electron chi connectivity index (χ3n) is 3.86. The summed E-state index contributed by atoms with van der Waals surface area (Å²) in [6, 6.07) is 1.12. The standard InChI is InChI=1S/C17H22N3O10P/c1-9(22)19-13(17(26)20-12(16(18)25)3-5-15(23)24)7-10-2-4-14(11(6-10)8-21)30-31(27,28)29/h2,4,6,8,12-13H,3,5,7H2,1H3,(H2,18,25)(H,19,22)(H,20,26)(H,23,24)(H2,27,28,29). The lowest BCUT2D eigenvalue weighted by molar-refractivity contribution is -0.137. The molecule has 0 saturated heterocycles. The van der Waals surface area contributed by atoms with E-state index in [1.54, 1.807) is 0 Å². The van der Waals surface area contributed by atoms with Gasteiger partial charge in [0.15, 0.2) is 6.29 Å². The molecule has 0 aromatic heterocycles. The first-order chi connectivity index (χ1) is 14.3. The maximum absolute atomic E-state index is 12.6. The summed E-state index contributed by atoms with van der Waals surface area (Å²) in [4.78, 5) is 75.3. The van der Waals surface area contributed by atoms with Gasteiger partial charge >= 0.3 is 13.8 Å². The summed E-state index contributed by atoms with van der Waals surface area (Å²) in [5.41, 5.74) is 5.29. The summed E-state index contributed by atoms with van der Waals surface area (Å²) in [5.74, 6) is -3.95. The highest BCUT2D eigenvalue weighted by atomic mass is 31.2. The van der Waals surface area contributed by atoms with Crippen molar-refractivity contribution in [3.05, 3.63) is 29.3 Å². The number of rotatable bonds is 12. The van der Waals surface area contributed by atoms with Crippen LogP contribution in [0, 0.1) is 0 Å².